The molecule has 140 valence electrons. The normalized spacial score (nSPS) is 11.4. The summed E-state index contributed by atoms with van der Waals surface area (Å²) in [7, 11) is -1.91. The number of methoxy groups -OCH3 is 2. The summed E-state index contributed by atoms with van der Waals surface area (Å²) in [4.78, 5) is 24.9. The molecule has 0 spiro atoms. The van der Waals surface area contributed by atoms with Gasteiger partial charge in [0.05, 0.1) is 24.6 Å². The highest BCUT2D eigenvalue weighted by atomic mass is 127. The van der Waals surface area contributed by atoms with E-state index in [2.05, 4.69) is 0 Å². The second kappa shape index (κ2) is 7.31. The Kier molecular flexibility index (Phi) is 5.24. The van der Waals surface area contributed by atoms with Gasteiger partial charge in [-0.15, -0.1) is 0 Å². The van der Waals surface area contributed by atoms with Crippen molar-refractivity contribution in [2.24, 2.45) is 0 Å². The Hall–Kier alpha value is -2.40. The average Bonchev–Trinajstić information content (AvgIpc) is 3.02. The zero-order valence-electron chi connectivity index (χ0n) is 14.3. The summed E-state index contributed by atoms with van der Waals surface area (Å²) in [5.74, 6) is -1.79. The Morgan fingerprint density at radius 1 is 0.963 bits per heavy atom. The van der Waals surface area contributed by atoms with E-state index in [9.17, 15) is 18.0 Å². The first-order valence-corrected chi connectivity index (χ1v) is 10.2. The number of carbonyl (C=O) groups excluding carboxylic acids is 2. The lowest BCUT2D eigenvalue weighted by atomic mass is 10.1. The van der Waals surface area contributed by atoms with Crippen molar-refractivity contribution < 1.29 is 27.5 Å². The molecular weight excluding hydrogens is 485 g/mol. The third-order valence-corrected chi connectivity index (χ3v) is 6.34. The number of nitrogens with zero attached hydrogens (tertiary/aromatic N) is 1. The van der Waals surface area contributed by atoms with Gasteiger partial charge in [-0.1, -0.05) is 24.3 Å². The minimum atomic E-state index is -4.18. The first kappa shape index (κ1) is 19.4. The van der Waals surface area contributed by atoms with Crippen molar-refractivity contribution in [3.8, 4) is 0 Å². The van der Waals surface area contributed by atoms with Crippen LogP contribution in [0, 0.1) is 3.57 Å². The second-order valence-corrected chi connectivity index (χ2v) is 8.48. The highest BCUT2D eigenvalue weighted by molar-refractivity contribution is 14.1. The Morgan fingerprint density at radius 2 is 1.59 bits per heavy atom. The number of ether oxygens (including phenoxy) is 2. The maximum atomic E-state index is 13.3. The zero-order valence-corrected chi connectivity index (χ0v) is 17.3. The predicted octanol–water partition coefficient (Wildman–Crippen LogP) is 3.06. The van der Waals surface area contributed by atoms with E-state index in [0.29, 0.717) is 0 Å². The molecule has 9 heteroatoms. The largest absolute Gasteiger partial charge is 0.465 e. The van der Waals surface area contributed by atoms with Gasteiger partial charge < -0.3 is 9.47 Å². The number of halogens is 1. The molecule has 0 amide bonds. The molecule has 3 rings (SSSR count). The lowest BCUT2D eigenvalue weighted by Crippen LogP contribution is -2.21. The summed E-state index contributed by atoms with van der Waals surface area (Å²) < 4.78 is 37.8. The summed E-state index contributed by atoms with van der Waals surface area (Å²) >= 11 is 2.02. The molecule has 0 bridgehead atoms. The lowest BCUT2D eigenvalue weighted by molar-refractivity contribution is 0.0552. The average molecular weight is 499 g/mol. The fraction of sp³-hybridized carbons (Fsp3) is 0.111. The molecule has 0 aliphatic rings. The third kappa shape index (κ3) is 3.21. The van der Waals surface area contributed by atoms with E-state index in [1.165, 1.54) is 12.1 Å². The molecule has 0 fully saturated rings. The summed E-state index contributed by atoms with van der Waals surface area (Å²) in [6.45, 7) is 0. The van der Waals surface area contributed by atoms with Gasteiger partial charge in [0.1, 0.15) is 5.56 Å². The molecule has 27 heavy (non-hydrogen) atoms. The van der Waals surface area contributed by atoms with Crippen molar-refractivity contribution in [3.05, 3.63) is 63.4 Å². The monoisotopic (exact) mass is 499 g/mol. The van der Waals surface area contributed by atoms with Crippen LogP contribution in [-0.2, 0) is 19.5 Å². The molecule has 0 N–H and O–H groups in total. The standard InChI is InChI=1S/C18H14INO6S/c1-25-17(21)15-13-9-8-11(19)10-14(13)20(16(15)18(22)26-2)27(23,24)12-6-4-3-5-7-12/h3-10H,1-2H3. The van der Waals surface area contributed by atoms with Gasteiger partial charge in [-0.25, -0.2) is 22.0 Å². The number of benzene rings is 2. The lowest BCUT2D eigenvalue weighted by Gasteiger charge is -2.11. The van der Waals surface area contributed by atoms with Gasteiger partial charge in [0.2, 0.25) is 0 Å². The molecule has 0 saturated heterocycles. The number of fused-ring (bicyclic) bond motifs is 1. The maximum absolute atomic E-state index is 13.3. The van der Waals surface area contributed by atoms with Gasteiger partial charge in [-0.3, -0.25) is 0 Å². The minimum Gasteiger partial charge on any atom is -0.465 e. The zero-order chi connectivity index (χ0) is 19.8. The van der Waals surface area contributed by atoms with Crippen LogP contribution in [0.3, 0.4) is 0 Å². The summed E-state index contributed by atoms with van der Waals surface area (Å²) in [6, 6.07) is 12.5. The summed E-state index contributed by atoms with van der Waals surface area (Å²) in [6.07, 6.45) is 0. The highest BCUT2D eigenvalue weighted by Gasteiger charge is 2.34. The van der Waals surface area contributed by atoms with Crippen LogP contribution in [0.4, 0.5) is 0 Å². The van der Waals surface area contributed by atoms with E-state index in [-0.39, 0.29) is 21.4 Å². The van der Waals surface area contributed by atoms with Gasteiger partial charge in [-0.2, -0.15) is 0 Å². The van der Waals surface area contributed by atoms with E-state index in [1.54, 1.807) is 36.4 Å². The molecule has 0 aliphatic carbocycles. The van der Waals surface area contributed by atoms with Crippen LogP contribution in [0.15, 0.2) is 53.4 Å². The summed E-state index contributed by atoms with van der Waals surface area (Å²) in [5.41, 5.74) is -0.369. The quantitative estimate of drug-likeness (QED) is 0.405. The van der Waals surface area contributed by atoms with Crippen LogP contribution in [-0.4, -0.2) is 38.5 Å². The van der Waals surface area contributed by atoms with Gasteiger partial charge in [0, 0.05) is 8.96 Å². The van der Waals surface area contributed by atoms with Crippen LogP contribution in [0.2, 0.25) is 0 Å². The molecule has 7 nitrogen and oxygen atoms in total. The third-order valence-electron chi connectivity index (χ3n) is 3.94. The molecule has 1 aromatic heterocycles. The number of aromatic nitrogens is 1. The molecule has 0 unspecified atom stereocenters. The molecule has 0 atom stereocenters. The van der Waals surface area contributed by atoms with Gasteiger partial charge in [0.15, 0.2) is 5.69 Å². The molecule has 0 saturated carbocycles. The van der Waals surface area contributed by atoms with E-state index in [4.69, 9.17) is 9.47 Å². The molecule has 3 aromatic rings. The van der Waals surface area contributed by atoms with Crippen molar-refractivity contribution >= 4 is 55.5 Å². The van der Waals surface area contributed by atoms with Crippen molar-refractivity contribution in [1.29, 1.82) is 0 Å². The number of esters is 2. The van der Waals surface area contributed by atoms with Crippen molar-refractivity contribution in [1.82, 2.24) is 3.97 Å². The highest BCUT2D eigenvalue weighted by Crippen LogP contribution is 2.32. The smallest absolute Gasteiger partial charge is 0.356 e. The van der Waals surface area contributed by atoms with Crippen LogP contribution in [0.5, 0.6) is 0 Å². The molecular formula is C18H14INO6S. The molecule has 1 heterocycles. The minimum absolute atomic E-state index is 0.0256. The topological polar surface area (TPSA) is 91.7 Å². The fourth-order valence-electron chi connectivity index (χ4n) is 2.77. The SMILES string of the molecule is COC(=O)c1c(C(=O)OC)n(S(=O)(=O)c2ccccc2)c2cc(I)ccc12. The number of hydrogen-bond acceptors (Lipinski definition) is 6. The predicted molar refractivity (Wildman–Crippen MR) is 106 cm³/mol. The van der Waals surface area contributed by atoms with E-state index < -0.39 is 27.7 Å². The molecule has 0 aliphatic heterocycles. The first-order valence-electron chi connectivity index (χ1n) is 7.64. The number of rotatable bonds is 4. The molecule has 0 radical (unpaired) electrons. The maximum Gasteiger partial charge on any atom is 0.356 e. The fourth-order valence-corrected chi connectivity index (χ4v) is 4.77. The number of carbonyl (C=O) groups is 2. The van der Waals surface area contributed by atoms with Gasteiger partial charge in [0.25, 0.3) is 10.0 Å². The first-order chi connectivity index (χ1) is 12.8. The van der Waals surface area contributed by atoms with E-state index in [1.807, 2.05) is 22.6 Å². The van der Waals surface area contributed by atoms with Crippen LogP contribution >= 0.6 is 22.6 Å². The van der Waals surface area contributed by atoms with Crippen LogP contribution in [0.1, 0.15) is 20.8 Å². The van der Waals surface area contributed by atoms with Gasteiger partial charge in [-0.05, 0) is 46.9 Å². The van der Waals surface area contributed by atoms with E-state index in [0.717, 1.165) is 21.8 Å². The molecule has 2 aromatic carbocycles. The Balaban J connectivity index is 2.53. The second-order valence-electron chi connectivity index (χ2n) is 5.45. The Morgan fingerprint density at radius 3 is 2.19 bits per heavy atom. The summed E-state index contributed by atoms with van der Waals surface area (Å²) in [5, 5.41) is 0.280. The van der Waals surface area contributed by atoms with Crippen LogP contribution < -0.4 is 0 Å². The van der Waals surface area contributed by atoms with E-state index >= 15 is 0 Å². The number of hydrogen-bond donors (Lipinski definition) is 0. The van der Waals surface area contributed by atoms with Crippen molar-refractivity contribution in [2.45, 2.75) is 4.90 Å². The Bertz CT molecular complexity index is 1150. The van der Waals surface area contributed by atoms with Crippen LogP contribution in [0.25, 0.3) is 10.9 Å². The Labute approximate surface area is 169 Å². The van der Waals surface area contributed by atoms with Crippen molar-refractivity contribution in [3.63, 3.8) is 0 Å². The van der Waals surface area contributed by atoms with Crippen molar-refractivity contribution in [2.75, 3.05) is 14.2 Å². The van der Waals surface area contributed by atoms with Gasteiger partial charge >= 0.3 is 11.9 Å².